The summed E-state index contributed by atoms with van der Waals surface area (Å²) in [5, 5.41) is 3.12. The predicted molar refractivity (Wildman–Crippen MR) is 141 cm³/mol. The third-order valence-corrected chi connectivity index (χ3v) is 5.45. The summed E-state index contributed by atoms with van der Waals surface area (Å²) in [6, 6.07) is 28.6. The van der Waals surface area contributed by atoms with Gasteiger partial charge < -0.3 is 23.9 Å². The molecule has 0 radical (unpaired) electrons. The zero-order valence-electron chi connectivity index (χ0n) is 20.0. The van der Waals surface area contributed by atoms with Gasteiger partial charge in [-0.3, -0.25) is 9.59 Å². The van der Waals surface area contributed by atoms with Crippen LogP contribution in [0.3, 0.4) is 0 Å². The molecular weight excluding hydrogens is 470 g/mol. The van der Waals surface area contributed by atoms with Crippen molar-refractivity contribution in [2.75, 3.05) is 11.9 Å². The zero-order chi connectivity index (χ0) is 25.6. The Hall–Kier alpha value is -5.04. The molecule has 0 spiro atoms. The molecule has 0 aliphatic carbocycles. The van der Waals surface area contributed by atoms with Crippen molar-refractivity contribution < 1.29 is 23.4 Å². The van der Waals surface area contributed by atoms with E-state index in [1.54, 1.807) is 54.6 Å². The van der Waals surface area contributed by atoms with Crippen molar-refractivity contribution in [3.63, 3.8) is 0 Å². The summed E-state index contributed by atoms with van der Waals surface area (Å²) >= 11 is 0. The van der Waals surface area contributed by atoms with Gasteiger partial charge >= 0.3 is 0 Å². The predicted octanol–water partition coefficient (Wildman–Crippen LogP) is 6.70. The van der Waals surface area contributed by atoms with Gasteiger partial charge in [-0.05, 0) is 67.6 Å². The van der Waals surface area contributed by atoms with Gasteiger partial charge in [-0.2, -0.15) is 0 Å². The van der Waals surface area contributed by atoms with Gasteiger partial charge in [0.2, 0.25) is 11.2 Å². The molecule has 1 N–H and O–H groups in total. The Kier molecular flexibility index (Phi) is 6.85. The van der Waals surface area contributed by atoms with E-state index >= 15 is 0 Å². The Labute approximate surface area is 212 Å². The molecule has 184 valence electrons. The maximum atomic E-state index is 12.8. The van der Waals surface area contributed by atoms with Gasteiger partial charge in [-0.15, -0.1) is 0 Å². The molecule has 0 atom stereocenters. The molecule has 4 aromatic carbocycles. The first-order valence-corrected chi connectivity index (χ1v) is 11.6. The highest BCUT2D eigenvalue weighted by molar-refractivity contribution is 5.92. The smallest absolute Gasteiger partial charge is 0.262 e. The van der Waals surface area contributed by atoms with Crippen molar-refractivity contribution in [3.8, 4) is 28.7 Å². The molecule has 5 aromatic rings. The number of anilines is 1. The van der Waals surface area contributed by atoms with Crippen molar-refractivity contribution in [1.82, 2.24) is 0 Å². The molecular formula is C30H23NO6. The highest BCUT2D eigenvalue weighted by Crippen LogP contribution is 2.25. The number of para-hydroxylation sites is 1. The van der Waals surface area contributed by atoms with Gasteiger partial charge in [0.05, 0.1) is 5.39 Å². The molecule has 1 aromatic heterocycles. The van der Waals surface area contributed by atoms with Gasteiger partial charge in [0.1, 0.15) is 34.8 Å². The van der Waals surface area contributed by atoms with Gasteiger partial charge in [-0.1, -0.05) is 35.9 Å². The normalized spacial score (nSPS) is 10.6. The maximum absolute atomic E-state index is 12.8. The molecule has 5 rings (SSSR count). The standard InChI is InChI=1S/C30H23NO6/c1-20-7-11-24(12-8-20)37-28-18-35-27-17-25(15-16-26(27)30(28)33)34-19-29(32)31-21-9-13-23(14-10-21)36-22-5-3-2-4-6-22/h2-18H,19H2,1H3,(H,31,32). The second kappa shape index (κ2) is 10.7. The van der Waals surface area contributed by atoms with Crippen LogP contribution in [0.5, 0.6) is 28.7 Å². The first-order valence-electron chi connectivity index (χ1n) is 11.6. The van der Waals surface area contributed by atoms with Crippen LogP contribution in [-0.4, -0.2) is 12.5 Å². The molecule has 0 aliphatic heterocycles. The number of amides is 1. The van der Waals surface area contributed by atoms with E-state index in [2.05, 4.69) is 5.32 Å². The molecule has 0 unspecified atom stereocenters. The molecule has 37 heavy (non-hydrogen) atoms. The summed E-state index contributed by atoms with van der Waals surface area (Å²) < 4.78 is 22.6. The summed E-state index contributed by atoms with van der Waals surface area (Å²) in [7, 11) is 0. The number of hydrogen-bond donors (Lipinski definition) is 1. The average Bonchev–Trinajstić information content (AvgIpc) is 2.92. The van der Waals surface area contributed by atoms with Crippen LogP contribution < -0.4 is 25.0 Å². The van der Waals surface area contributed by atoms with Gasteiger partial charge in [-0.25, -0.2) is 0 Å². The Morgan fingerprint density at radius 2 is 1.43 bits per heavy atom. The molecule has 1 heterocycles. The molecule has 7 nitrogen and oxygen atoms in total. The number of benzene rings is 4. The fraction of sp³-hybridized carbons (Fsp3) is 0.0667. The lowest BCUT2D eigenvalue weighted by atomic mass is 10.2. The number of rotatable bonds is 8. The Balaban J connectivity index is 1.18. The molecule has 0 fully saturated rings. The third kappa shape index (κ3) is 5.97. The van der Waals surface area contributed by atoms with Crippen LogP contribution in [-0.2, 0) is 4.79 Å². The lowest BCUT2D eigenvalue weighted by Gasteiger charge is -2.10. The van der Waals surface area contributed by atoms with E-state index < -0.39 is 0 Å². The number of ether oxygens (including phenoxy) is 3. The fourth-order valence-electron chi connectivity index (χ4n) is 3.56. The van der Waals surface area contributed by atoms with Crippen LogP contribution in [0.2, 0.25) is 0 Å². The molecule has 0 aliphatic rings. The summed E-state index contributed by atoms with van der Waals surface area (Å²) in [6.45, 7) is 1.75. The maximum Gasteiger partial charge on any atom is 0.262 e. The van der Waals surface area contributed by atoms with E-state index in [4.69, 9.17) is 18.6 Å². The molecule has 0 saturated heterocycles. The lowest BCUT2D eigenvalue weighted by Crippen LogP contribution is -2.20. The van der Waals surface area contributed by atoms with Crippen LogP contribution in [0, 0.1) is 6.92 Å². The average molecular weight is 494 g/mol. The second-order valence-corrected chi connectivity index (χ2v) is 8.28. The highest BCUT2D eigenvalue weighted by Gasteiger charge is 2.11. The number of nitrogens with one attached hydrogen (secondary N) is 1. The van der Waals surface area contributed by atoms with Crippen LogP contribution in [0.15, 0.2) is 113 Å². The number of carbonyl (C=O) groups is 1. The Morgan fingerprint density at radius 3 is 2.19 bits per heavy atom. The first kappa shape index (κ1) is 23.7. The monoisotopic (exact) mass is 493 g/mol. The minimum Gasteiger partial charge on any atom is -0.484 e. The minimum atomic E-state index is -0.333. The first-order chi connectivity index (χ1) is 18.0. The van der Waals surface area contributed by atoms with Crippen LogP contribution >= 0.6 is 0 Å². The summed E-state index contributed by atoms with van der Waals surface area (Å²) in [5.74, 6) is 2.08. The van der Waals surface area contributed by atoms with E-state index in [1.807, 2.05) is 49.4 Å². The van der Waals surface area contributed by atoms with Crippen molar-refractivity contribution in [3.05, 3.63) is 119 Å². The van der Waals surface area contributed by atoms with Gasteiger partial charge in [0.25, 0.3) is 5.91 Å². The Bertz CT molecular complexity index is 1580. The van der Waals surface area contributed by atoms with Crippen LogP contribution in [0.25, 0.3) is 11.0 Å². The number of hydrogen-bond acceptors (Lipinski definition) is 6. The van der Waals surface area contributed by atoms with Crippen LogP contribution in [0.4, 0.5) is 5.69 Å². The van der Waals surface area contributed by atoms with Crippen molar-refractivity contribution >= 4 is 22.6 Å². The zero-order valence-corrected chi connectivity index (χ0v) is 20.0. The topological polar surface area (TPSA) is 87.0 Å². The molecule has 7 heteroatoms. The largest absolute Gasteiger partial charge is 0.484 e. The number of carbonyl (C=O) groups excluding carboxylic acids is 1. The Morgan fingerprint density at radius 1 is 0.784 bits per heavy atom. The summed E-state index contributed by atoms with van der Waals surface area (Å²) in [4.78, 5) is 25.2. The SMILES string of the molecule is Cc1ccc(Oc2coc3cc(OCC(=O)Nc4ccc(Oc5ccccc5)cc4)ccc3c2=O)cc1. The van der Waals surface area contributed by atoms with E-state index in [-0.39, 0.29) is 23.7 Å². The van der Waals surface area contributed by atoms with Crippen molar-refractivity contribution in [1.29, 1.82) is 0 Å². The molecule has 0 saturated carbocycles. The van der Waals surface area contributed by atoms with E-state index in [9.17, 15) is 9.59 Å². The van der Waals surface area contributed by atoms with E-state index in [0.717, 1.165) is 11.3 Å². The third-order valence-electron chi connectivity index (χ3n) is 5.45. The number of aryl methyl sites for hydroxylation is 1. The van der Waals surface area contributed by atoms with Crippen molar-refractivity contribution in [2.24, 2.45) is 0 Å². The summed E-state index contributed by atoms with van der Waals surface area (Å²) in [6.07, 6.45) is 1.27. The molecule has 0 bridgehead atoms. The number of fused-ring (bicyclic) bond motifs is 1. The quantitative estimate of drug-likeness (QED) is 0.259. The van der Waals surface area contributed by atoms with E-state index in [0.29, 0.717) is 33.9 Å². The lowest BCUT2D eigenvalue weighted by molar-refractivity contribution is -0.118. The summed E-state index contributed by atoms with van der Waals surface area (Å²) in [5.41, 5.74) is 1.73. The second-order valence-electron chi connectivity index (χ2n) is 8.28. The van der Waals surface area contributed by atoms with Gasteiger partial charge in [0.15, 0.2) is 6.61 Å². The highest BCUT2D eigenvalue weighted by atomic mass is 16.5. The minimum absolute atomic E-state index is 0.0876. The van der Waals surface area contributed by atoms with Crippen molar-refractivity contribution in [2.45, 2.75) is 6.92 Å². The van der Waals surface area contributed by atoms with Gasteiger partial charge in [0, 0.05) is 11.8 Å². The molecule has 1 amide bonds. The van der Waals surface area contributed by atoms with E-state index in [1.165, 1.54) is 6.26 Å². The van der Waals surface area contributed by atoms with Crippen LogP contribution in [0.1, 0.15) is 5.56 Å². The fourth-order valence-corrected chi connectivity index (χ4v) is 3.56.